The third kappa shape index (κ3) is 23.9. The highest BCUT2D eigenvalue weighted by molar-refractivity contribution is 5.68. The molecule has 9 heterocycles. The summed E-state index contributed by atoms with van der Waals surface area (Å²) in [7, 11) is 0. The second-order valence-electron chi connectivity index (χ2n) is 30.1. The molecule has 0 saturated carbocycles. The van der Waals surface area contributed by atoms with Crippen LogP contribution in [0.25, 0.3) is 0 Å². The van der Waals surface area contributed by atoms with Crippen LogP contribution in [-0.4, -0.2) is 229 Å². The summed E-state index contributed by atoms with van der Waals surface area (Å²) in [6.45, 7) is 51.0. The van der Waals surface area contributed by atoms with Crippen LogP contribution in [0.2, 0.25) is 0 Å². The lowest BCUT2D eigenvalue weighted by Gasteiger charge is -2.45. The lowest BCUT2D eigenvalue weighted by Crippen LogP contribution is -2.60. The predicted molar refractivity (Wildman–Crippen MR) is 358 cm³/mol. The number of aromatic nitrogens is 6. The van der Waals surface area contributed by atoms with Crippen LogP contribution >= 0.6 is 0 Å². The summed E-state index contributed by atoms with van der Waals surface area (Å²) in [6.07, 6.45) is 15.9. The number of allylic oxidation sites excluding steroid dienone is 3. The average molecular weight is 1230 g/mol. The summed E-state index contributed by atoms with van der Waals surface area (Å²) in [5, 5.41) is 53.4. The molecule has 87 heavy (non-hydrogen) atoms. The Bertz CT molecular complexity index is 2470. The number of piperidine rings is 3. The van der Waals surface area contributed by atoms with E-state index >= 15 is 0 Å². The van der Waals surface area contributed by atoms with Crippen LogP contribution in [0.3, 0.4) is 0 Å². The zero-order valence-electron chi connectivity index (χ0n) is 56.9. The lowest BCUT2D eigenvalue weighted by atomic mass is 9.89. The highest BCUT2D eigenvalue weighted by Crippen LogP contribution is 2.34. The molecule has 9 rings (SSSR count). The van der Waals surface area contributed by atoms with Gasteiger partial charge in [0.25, 0.3) is 0 Å². The maximum Gasteiger partial charge on any atom is 0.0891 e. The van der Waals surface area contributed by atoms with Gasteiger partial charge in [0.15, 0.2) is 0 Å². The number of morpholine rings is 1. The van der Waals surface area contributed by atoms with Gasteiger partial charge < -0.3 is 61.4 Å². The molecule has 0 amide bonds. The first kappa shape index (κ1) is 73.6. The Kier molecular flexibility index (Phi) is 28.2. The minimum Gasteiger partial charge on any atom is -0.400 e. The molecule has 506 valence electrons. The third-order valence-electron chi connectivity index (χ3n) is 17.4. The summed E-state index contributed by atoms with van der Waals surface area (Å²) in [5.41, 5.74) is 18.3. The van der Waals surface area contributed by atoms with Gasteiger partial charge in [-0.1, -0.05) is 121 Å². The van der Waals surface area contributed by atoms with E-state index in [0.29, 0.717) is 19.1 Å². The van der Waals surface area contributed by atoms with Crippen molar-refractivity contribution in [3.8, 4) is 0 Å². The van der Waals surface area contributed by atoms with E-state index in [1.807, 2.05) is 57.1 Å². The molecule has 7 aliphatic heterocycles. The van der Waals surface area contributed by atoms with E-state index in [-0.39, 0.29) is 57.0 Å². The molecule has 12 N–H and O–H groups in total. The Morgan fingerprint density at radius 2 is 1.25 bits per heavy atom. The van der Waals surface area contributed by atoms with Crippen LogP contribution in [0.1, 0.15) is 179 Å². The third-order valence-corrected chi connectivity index (χ3v) is 17.4. The molecule has 7 aliphatic rings. The number of hydrazine groups is 2. The molecule has 2 aromatic heterocycles. The molecule has 0 aromatic carbocycles. The largest absolute Gasteiger partial charge is 0.400 e. The quantitative estimate of drug-likeness (QED) is 0.0854. The van der Waals surface area contributed by atoms with E-state index < -0.39 is 12.2 Å². The van der Waals surface area contributed by atoms with Crippen molar-refractivity contribution in [3.05, 3.63) is 58.8 Å². The fraction of sp³-hybridized carbons (Fsp3) is 0.828. The number of likely N-dealkylation sites (tertiary alicyclic amines) is 3. The van der Waals surface area contributed by atoms with Gasteiger partial charge in [-0.05, 0) is 76.8 Å². The molecular weight excluding hydrogens is 1100 g/mol. The van der Waals surface area contributed by atoms with E-state index in [9.17, 15) is 15.3 Å². The average Bonchev–Trinajstić information content (AvgIpc) is 2.58. The van der Waals surface area contributed by atoms with Crippen molar-refractivity contribution in [3.63, 3.8) is 0 Å². The molecule has 6 saturated heterocycles. The predicted octanol–water partition coefficient (Wildman–Crippen LogP) is 5.92. The molecule has 6 fully saturated rings. The lowest BCUT2D eigenvalue weighted by molar-refractivity contribution is -0.0980. The zero-order chi connectivity index (χ0) is 64.5. The van der Waals surface area contributed by atoms with Gasteiger partial charge in [-0.25, -0.2) is 16.4 Å². The fourth-order valence-electron chi connectivity index (χ4n) is 11.0. The number of aryl methyl sites for hydroxylation is 1. The monoisotopic (exact) mass is 1230 g/mol. The molecule has 0 spiro atoms. The Balaban J connectivity index is 0.000000564. The van der Waals surface area contributed by atoms with Gasteiger partial charge in [0.05, 0.1) is 80.3 Å². The number of likely N-dealkylation sites (N-methyl/N-ethyl adjacent to an activating group) is 1. The molecule has 23 nitrogen and oxygen atoms in total. The fourth-order valence-corrected chi connectivity index (χ4v) is 11.0. The van der Waals surface area contributed by atoms with E-state index in [1.54, 1.807) is 22.4 Å². The minimum absolute atomic E-state index is 0. The van der Waals surface area contributed by atoms with Gasteiger partial charge in [0.1, 0.15) is 0 Å². The number of β-amino-alcohol motifs (C(OH)–C–C–N with tert-alkyl or cyclic N) is 3. The smallest absolute Gasteiger partial charge is 0.0891 e. The standard InChI is InChI=1S/C14H28N4O2.C13H24N4O.C13H24N4.C13H22N2O.C11H24N4O.4H2/c1-14(2,3)13(15)7-18(16)11-4-5-17(6-12(11)19)10-8-20-9-10;1-5-16-7-6-10(11(18)8-16)17-9-12(14-15-17)13(2,3)4;1-13(2,3)12-11-17(15-14-12)10-6-9-16-7-4-5-8-16;1-13(2,3)12-11(4-5-14-12)10-15-6-8-16-9-7-15;1-11(2,3)10(12)7-15(13)8-4-5-14-6-9(8)16;;;;/h7,10-12,19H,4-6,8-9,15-16H2,1-3H3;9-11,18H,5-8H2,1-4H3;11H,4-10H2,1-3H3;5H,4,6-10H2,1-3H3;7-9,14,16H,4-6,12-13H2,1-3H3;4*1H/b13-7-;;;;10-7-;;;;/t11-,12-;10-,11-;;;8-,9-;;;;/m11..1..../s1. The van der Waals surface area contributed by atoms with E-state index in [0.717, 1.165) is 134 Å². The molecule has 23 heteroatoms. The van der Waals surface area contributed by atoms with Gasteiger partial charge in [-0.2, -0.15) is 0 Å². The van der Waals surface area contributed by atoms with Gasteiger partial charge >= 0.3 is 0 Å². The van der Waals surface area contributed by atoms with Crippen LogP contribution in [0.4, 0.5) is 0 Å². The SMILES string of the molecule is CC(C)(C)/C(N)=C/N(N)[C@@H]1CCN(C2COC2)C[C@H]1O.CC(C)(C)/C(N)=C/N(N)[C@@H]1CCNC[C@H]1O.CC(C)(C)C1=C(CN2CCOCC2)CC=N1.CC(C)(C)c1cn(CCCN2CCCC2)nn1.CCN1CC[C@@H](n2cc(C(C)(C)C)nn2)[C@H](O)C1.[HH].[HH].[HH].[HH]. The van der Waals surface area contributed by atoms with Crippen LogP contribution in [0, 0.1) is 16.2 Å². The van der Waals surface area contributed by atoms with E-state index in [1.165, 1.54) is 50.2 Å². The number of hydrogen-bond donors (Lipinski definition) is 8. The van der Waals surface area contributed by atoms with Crippen LogP contribution < -0.4 is 28.5 Å². The summed E-state index contributed by atoms with van der Waals surface area (Å²) >= 11 is 0. The second-order valence-corrected chi connectivity index (χ2v) is 30.1. The Morgan fingerprint density at radius 3 is 1.75 bits per heavy atom. The summed E-state index contributed by atoms with van der Waals surface area (Å²) in [4.78, 5) is 14.1. The molecule has 0 bridgehead atoms. The van der Waals surface area contributed by atoms with Gasteiger partial charge in [-0.15, -0.1) is 10.2 Å². The van der Waals surface area contributed by atoms with Crippen molar-refractivity contribution in [2.24, 2.45) is 44.4 Å². The topological polar surface area (TPSA) is 288 Å². The number of aliphatic hydroxyl groups excluding tert-OH is 3. The van der Waals surface area contributed by atoms with Crippen molar-refractivity contribution in [2.75, 3.05) is 112 Å². The van der Waals surface area contributed by atoms with Gasteiger partial charge in [-0.3, -0.25) is 19.5 Å². The first-order valence-corrected chi connectivity index (χ1v) is 32.6. The zero-order valence-corrected chi connectivity index (χ0v) is 56.9. The number of nitrogens with two attached hydrogens (primary N) is 4. The molecule has 0 aliphatic carbocycles. The number of aliphatic imine (C=N–C) groups is 1. The Morgan fingerprint density at radius 1 is 0.667 bits per heavy atom. The number of nitrogens with one attached hydrogen (secondary N) is 1. The Hall–Kier alpha value is -4.11. The highest BCUT2D eigenvalue weighted by Gasteiger charge is 2.37. The molecular formula is C64H130N18O5. The first-order valence-electron chi connectivity index (χ1n) is 32.6. The van der Waals surface area contributed by atoms with Gasteiger partial charge in [0.2, 0.25) is 0 Å². The van der Waals surface area contributed by atoms with E-state index in [2.05, 4.69) is 132 Å². The van der Waals surface area contributed by atoms with Crippen LogP contribution in [0.5, 0.6) is 0 Å². The normalized spacial score (nSPS) is 25.3. The second kappa shape index (κ2) is 33.3. The maximum atomic E-state index is 10.3. The number of rotatable bonds is 13. The molecule has 0 unspecified atom stereocenters. The molecule has 0 radical (unpaired) electrons. The van der Waals surface area contributed by atoms with E-state index in [4.69, 9.17) is 32.6 Å². The summed E-state index contributed by atoms with van der Waals surface area (Å²) in [5.74, 6) is 12.0. The molecule has 6 atom stereocenters. The number of aliphatic hydroxyl groups is 3. The van der Waals surface area contributed by atoms with Crippen LogP contribution in [-0.2, 0) is 26.8 Å². The van der Waals surface area contributed by atoms with Crippen molar-refractivity contribution in [1.29, 1.82) is 0 Å². The van der Waals surface area contributed by atoms with Crippen molar-refractivity contribution in [2.45, 2.75) is 216 Å². The highest BCUT2D eigenvalue weighted by atomic mass is 16.5. The summed E-state index contributed by atoms with van der Waals surface area (Å²) in [6, 6.07) is 0.402. The summed E-state index contributed by atoms with van der Waals surface area (Å²) < 4.78 is 14.4. The number of nitrogens with zero attached hydrogens (tertiary/aromatic N) is 13. The minimum atomic E-state index is -0.460. The number of hydrogen-bond acceptors (Lipinski definition) is 21. The Labute approximate surface area is 530 Å². The number of ether oxygens (including phenoxy) is 2. The molecule has 2 aromatic rings. The van der Waals surface area contributed by atoms with Crippen molar-refractivity contribution < 1.29 is 30.5 Å². The van der Waals surface area contributed by atoms with Crippen molar-refractivity contribution in [1.82, 2.24) is 64.9 Å². The van der Waals surface area contributed by atoms with Crippen molar-refractivity contribution >= 4 is 6.21 Å². The van der Waals surface area contributed by atoms with Crippen LogP contribution in [0.15, 0.2) is 52.5 Å². The first-order chi connectivity index (χ1) is 40.6. The van der Waals surface area contributed by atoms with Gasteiger partial charge in [0, 0.05) is 146 Å². The maximum absolute atomic E-state index is 10.3.